The van der Waals surface area contributed by atoms with E-state index >= 15 is 0 Å². The van der Waals surface area contributed by atoms with Crippen LogP contribution in [0.2, 0.25) is 0 Å². The van der Waals surface area contributed by atoms with E-state index in [9.17, 15) is 4.79 Å². The third-order valence-electron chi connectivity index (χ3n) is 3.49. The minimum Gasteiger partial charge on any atom is -0.314 e. The van der Waals surface area contributed by atoms with Gasteiger partial charge in [0.25, 0.3) is 5.56 Å². The molecule has 3 nitrogen and oxygen atoms in total. The molecule has 4 heteroatoms. The van der Waals surface area contributed by atoms with Gasteiger partial charge < -0.3 is 9.88 Å². The quantitative estimate of drug-likeness (QED) is 0.856. The van der Waals surface area contributed by atoms with Gasteiger partial charge >= 0.3 is 0 Å². The van der Waals surface area contributed by atoms with E-state index in [-0.39, 0.29) is 5.56 Å². The number of nitrogens with zero attached hydrogens (tertiary/aromatic N) is 1. The summed E-state index contributed by atoms with van der Waals surface area (Å²) >= 11 is 2.07. The van der Waals surface area contributed by atoms with Crippen LogP contribution in [-0.4, -0.2) is 28.2 Å². The number of pyridine rings is 1. The Morgan fingerprint density at radius 3 is 3.11 bits per heavy atom. The lowest BCUT2D eigenvalue weighted by molar-refractivity contribution is 0.498. The predicted octanol–water partition coefficient (Wildman–Crippen LogP) is 2.11. The van der Waals surface area contributed by atoms with Crippen molar-refractivity contribution in [2.24, 2.45) is 0 Å². The van der Waals surface area contributed by atoms with Gasteiger partial charge in [-0.2, -0.15) is 11.8 Å². The second kappa shape index (κ2) is 7.00. The van der Waals surface area contributed by atoms with E-state index in [4.69, 9.17) is 0 Å². The first-order valence-corrected chi connectivity index (χ1v) is 7.86. The second-order valence-electron chi connectivity index (χ2n) is 4.72. The fourth-order valence-electron chi connectivity index (χ4n) is 2.59. The zero-order valence-corrected chi connectivity index (χ0v) is 11.8. The molecule has 0 saturated heterocycles. The summed E-state index contributed by atoms with van der Waals surface area (Å²) in [6, 6.07) is 5.95. The Labute approximate surface area is 113 Å². The fraction of sp³-hybridized carbons (Fsp3) is 0.643. The van der Waals surface area contributed by atoms with Gasteiger partial charge in [0.05, 0.1) is 0 Å². The second-order valence-corrected chi connectivity index (χ2v) is 6.23. The van der Waals surface area contributed by atoms with Crippen LogP contribution in [0.5, 0.6) is 0 Å². The van der Waals surface area contributed by atoms with Crippen LogP contribution in [0.3, 0.4) is 0 Å². The molecule has 1 aliphatic rings. The number of aromatic nitrogens is 1. The van der Waals surface area contributed by atoms with Crippen molar-refractivity contribution >= 4 is 11.8 Å². The van der Waals surface area contributed by atoms with Crippen molar-refractivity contribution in [3.8, 4) is 0 Å². The van der Waals surface area contributed by atoms with Crippen molar-refractivity contribution < 1.29 is 0 Å². The van der Waals surface area contributed by atoms with Gasteiger partial charge in [0, 0.05) is 36.6 Å². The van der Waals surface area contributed by atoms with E-state index in [0.29, 0.717) is 6.04 Å². The highest BCUT2D eigenvalue weighted by Gasteiger charge is 2.26. The zero-order chi connectivity index (χ0) is 12.8. The maximum absolute atomic E-state index is 11.5. The number of nitrogens with one attached hydrogen (secondary N) is 1. The molecule has 0 aliphatic heterocycles. The van der Waals surface area contributed by atoms with Crippen molar-refractivity contribution in [1.82, 2.24) is 9.88 Å². The topological polar surface area (TPSA) is 34.0 Å². The molecule has 1 N–H and O–H groups in total. The van der Waals surface area contributed by atoms with Gasteiger partial charge in [0.1, 0.15) is 0 Å². The van der Waals surface area contributed by atoms with E-state index < -0.39 is 0 Å². The minimum atomic E-state index is 0.0882. The Morgan fingerprint density at radius 1 is 1.44 bits per heavy atom. The fourth-order valence-corrected chi connectivity index (χ4v) is 3.81. The molecule has 1 aromatic heterocycles. The van der Waals surface area contributed by atoms with E-state index in [0.717, 1.165) is 18.3 Å². The first-order valence-electron chi connectivity index (χ1n) is 6.81. The summed E-state index contributed by atoms with van der Waals surface area (Å²) in [4.78, 5) is 11.5. The first-order chi connectivity index (χ1) is 8.81. The molecule has 0 amide bonds. The number of thioether (sulfide) groups is 1. The number of hydrogen-bond donors (Lipinski definition) is 1. The van der Waals surface area contributed by atoms with E-state index in [1.807, 2.05) is 12.3 Å². The molecule has 100 valence electrons. The van der Waals surface area contributed by atoms with Gasteiger partial charge in [-0.05, 0) is 24.7 Å². The first kappa shape index (κ1) is 13.7. The van der Waals surface area contributed by atoms with Crippen molar-refractivity contribution in [2.45, 2.75) is 44.0 Å². The van der Waals surface area contributed by atoms with Gasteiger partial charge in [0.2, 0.25) is 0 Å². The Morgan fingerprint density at radius 2 is 2.33 bits per heavy atom. The molecule has 2 rings (SSSR count). The van der Waals surface area contributed by atoms with Gasteiger partial charge in [0.15, 0.2) is 0 Å². The third kappa shape index (κ3) is 3.62. The molecular weight excluding hydrogens is 244 g/mol. The summed E-state index contributed by atoms with van der Waals surface area (Å²) in [6.45, 7) is 3.87. The van der Waals surface area contributed by atoms with Gasteiger partial charge in [-0.1, -0.05) is 19.4 Å². The molecule has 2 unspecified atom stereocenters. The van der Waals surface area contributed by atoms with E-state index in [2.05, 4.69) is 24.0 Å². The monoisotopic (exact) mass is 266 g/mol. The smallest absolute Gasteiger partial charge is 0.250 e. The predicted molar refractivity (Wildman–Crippen MR) is 78.3 cm³/mol. The van der Waals surface area contributed by atoms with E-state index in [1.165, 1.54) is 25.0 Å². The van der Waals surface area contributed by atoms with Crippen LogP contribution in [-0.2, 0) is 6.54 Å². The van der Waals surface area contributed by atoms with E-state index in [1.54, 1.807) is 16.7 Å². The molecule has 1 saturated carbocycles. The van der Waals surface area contributed by atoms with Gasteiger partial charge in [-0.3, -0.25) is 4.79 Å². The summed E-state index contributed by atoms with van der Waals surface area (Å²) in [5.41, 5.74) is 0.0882. The van der Waals surface area contributed by atoms with Crippen molar-refractivity contribution in [3.63, 3.8) is 0 Å². The molecule has 2 atom stereocenters. The summed E-state index contributed by atoms with van der Waals surface area (Å²) in [6.07, 6.45) is 5.81. The average Bonchev–Trinajstić information content (AvgIpc) is 2.80. The third-order valence-corrected chi connectivity index (χ3v) is 4.82. The van der Waals surface area contributed by atoms with Crippen LogP contribution in [0.1, 0.15) is 26.2 Å². The Balaban J connectivity index is 1.78. The number of rotatable bonds is 6. The molecule has 0 bridgehead atoms. The lowest BCUT2D eigenvalue weighted by Gasteiger charge is -2.20. The zero-order valence-electron chi connectivity index (χ0n) is 11.0. The largest absolute Gasteiger partial charge is 0.314 e. The molecule has 0 spiro atoms. The summed E-state index contributed by atoms with van der Waals surface area (Å²) in [5, 5.41) is 4.38. The summed E-state index contributed by atoms with van der Waals surface area (Å²) in [5.74, 6) is 1.20. The molecule has 0 aromatic carbocycles. The highest BCUT2D eigenvalue weighted by Crippen LogP contribution is 2.29. The van der Waals surface area contributed by atoms with Gasteiger partial charge in [-0.25, -0.2) is 0 Å². The highest BCUT2D eigenvalue weighted by molar-refractivity contribution is 7.99. The molecule has 1 aromatic rings. The molecule has 1 aliphatic carbocycles. The van der Waals surface area contributed by atoms with Crippen LogP contribution in [0.25, 0.3) is 0 Å². The Hall–Kier alpha value is -0.740. The summed E-state index contributed by atoms with van der Waals surface area (Å²) in [7, 11) is 0. The van der Waals surface area contributed by atoms with Crippen molar-refractivity contribution in [3.05, 3.63) is 34.7 Å². The average molecular weight is 266 g/mol. The maximum Gasteiger partial charge on any atom is 0.250 e. The molecule has 1 fully saturated rings. The number of hydrogen-bond acceptors (Lipinski definition) is 3. The lowest BCUT2D eigenvalue weighted by Crippen LogP contribution is -2.37. The molecule has 1 heterocycles. The molecular formula is C14H22N2OS. The SMILES string of the molecule is CCSC1CCCC1NCCn1ccccc1=O. The normalized spacial score (nSPS) is 23.4. The van der Waals surface area contributed by atoms with Crippen molar-refractivity contribution in [2.75, 3.05) is 12.3 Å². The lowest BCUT2D eigenvalue weighted by atomic mass is 10.2. The standard InChI is InChI=1S/C14H22N2OS/c1-2-18-13-7-5-6-12(13)15-9-11-16-10-4-3-8-14(16)17/h3-4,8,10,12-13,15H,2,5-7,9,11H2,1H3. The van der Waals surface area contributed by atoms with Crippen LogP contribution in [0.4, 0.5) is 0 Å². The summed E-state index contributed by atoms with van der Waals surface area (Å²) < 4.78 is 1.77. The maximum atomic E-state index is 11.5. The van der Waals surface area contributed by atoms with Crippen LogP contribution >= 0.6 is 11.8 Å². The van der Waals surface area contributed by atoms with Crippen molar-refractivity contribution in [1.29, 1.82) is 0 Å². The van der Waals surface area contributed by atoms with Crippen LogP contribution in [0.15, 0.2) is 29.2 Å². The minimum absolute atomic E-state index is 0.0882. The van der Waals surface area contributed by atoms with Gasteiger partial charge in [-0.15, -0.1) is 0 Å². The van der Waals surface area contributed by atoms with Crippen LogP contribution in [0, 0.1) is 0 Å². The molecule has 18 heavy (non-hydrogen) atoms. The highest BCUT2D eigenvalue weighted by atomic mass is 32.2. The Kier molecular flexibility index (Phi) is 5.32. The Bertz CT molecular complexity index is 418. The van der Waals surface area contributed by atoms with Crippen LogP contribution < -0.4 is 10.9 Å². The molecule has 0 radical (unpaired) electrons.